The van der Waals surface area contributed by atoms with Gasteiger partial charge in [0.2, 0.25) is 0 Å². The monoisotopic (exact) mass is 529 g/mol. The maximum absolute atomic E-state index is 13.1. The van der Waals surface area contributed by atoms with E-state index < -0.39 is 23.9 Å². The molecule has 0 bridgehead atoms. The van der Waals surface area contributed by atoms with E-state index in [1.807, 2.05) is 18.2 Å². The molecule has 4 aromatic rings. The zero-order valence-electron chi connectivity index (χ0n) is 21.1. The quantitative estimate of drug-likeness (QED) is 0.323. The van der Waals surface area contributed by atoms with Gasteiger partial charge in [-0.05, 0) is 62.3 Å². The first kappa shape index (κ1) is 25.5. The molecular weight excluding hydrogens is 502 g/mol. The summed E-state index contributed by atoms with van der Waals surface area (Å²) in [5.41, 5.74) is 3.76. The number of rotatable bonds is 7. The van der Waals surface area contributed by atoms with Crippen molar-refractivity contribution >= 4 is 45.2 Å². The Labute approximate surface area is 224 Å². The molecule has 8 nitrogen and oxygen atoms in total. The number of ether oxygens (including phenoxy) is 2. The molecule has 0 spiro atoms. The summed E-state index contributed by atoms with van der Waals surface area (Å²) in [6, 6.07) is 15.3. The Hall–Kier alpha value is -4.11. The minimum Gasteiger partial charge on any atom is -0.462 e. The molecule has 1 aliphatic rings. The molecule has 2 aromatic carbocycles. The number of fused-ring (bicyclic) bond motifs is 2. The fraction of sp³-hybridized carbons (Fsp3) is 0.276. The SMILES string of the molecule is CCOC(=O)c1c(NC(=O)C(C)OC(=O)c2cccc3nccnc23)sc2c1CCC(c1ccccc1)C2. The Morgan fingerprint density at radius 1 is 1.05 bits per heavy atom. The third-order valence-electron chi connectivity index (χ3n) is 6.62. The van der Waals surface area contributed by atoms with Crippen LogP contribution in [0.15, 0.2) is 60.9 Å². The van der Waals surface area contributed by atoms with Gasteiger partial charge in [0.25, 0.3) is 5.91 Å². The molecular formula is C29H27N3O5S. The van der Waals surface area contributed by atoms with E-state index in [-0.39, 0.29) is 12.2 Å². The Bertz CT molecular complexity index is 1500. The highest BCUT2D eigenvalue weighted by molar-refractivity contribution is 7.17. The van der Waals surface area contributed by atoms with Gasteiger partial charge in [-0.2, -0.15) is 0 Å². The fourth-order valence-corrected chi connectivity index (χ4v) is 6.07. The summed E-state index contributed by atoms with van der Waals surface area (Å²) in [7, 11) is 0. The van der Waals surface area contributed by atoms with E-state index in [0.29, 0.717) is 33.9 Å². The van der Waals surface area contributed by atoms with E-state index in [0.717, 1.165) is 23.3 Å². The molecule has 9 heteroatoms. The van der Waals surface area contributed by atoms with Crippen molar-refractivity contribution in [3.8, 4) is 0 Å². The first-order valence-electron chi connectivity index (χ1n) is 12.5. The van der Waals surface area contributed by atoms with E-state index in [9.17, 15) is 14.4 Å². The highest BCUT2D eigenvalue weighted by Crippen LogP contribution is 2.43. The number of thiophene rings is 1. The molecule has 0 saturated heterocycles. The molecule has 2 atom stereocenters. The van der Waals surface area contributed by atoms with Crippen molar-refractivity contribution in [2.45, 2.75) is 45.1 Å². The number of nitrogens with zero attached hydrogens (tertiary/aromatic N) is 2. The summed E-state index contributed by atoms with van der Waals surface area (Å²) in [5, 5.41) is 3.25. The number of hydrogen-bond acceptors (Lipinski definition) is 8. The lowest BCUT2D eigenvalue weighted by atomic mass is 9.83. The number of nitrogens with one attached hydrogen (secondary N) is 1. The number of para-hydroxylation sites is 1. The van der Waals surface area contributed by atoms with E-state index in [2.05, 4.69) is 27.4 Å². The topological polar surface area (TPSA) is 107 Å². The average Bonchev–Trinajstić information content (AvgIpc) is 3.30. The summed E-state index contributed by atoms with van der Waals surface area (Å²) >= 11 is 1.39. The number of esters is 2. The van der Waals surface area contributed by atoms with Crippen LogP contribution in [0.1, 0.15) is 62.9 Å². The van der Waals surface area contributed by atoms with Crippen LogP contribution >= 0.6 is 11.3 Å². The predicted molar refractivity (Wildman–Crippen MR) is 145 cm³/mol. The molecule has 0 fully saturated rings. The van der Waals surface area contributed by atoms with Gasteiger partial charge in [0.15, 0.2) is 6.10 Å². The van der Waals surface area contributed by atoms with Gasteiger partial charge in [-0.15, -0.1) is 11.3 Å². The van der Waals surface area contributed by atoms with Gasteiger partial charge in [-0.3, -0.25) is 14.8 Å². The average molecular weight is 530 g/mol. The molecule has 2 heterocycles. The molecule has 0 saturated carbocycles. The Kier molecular flexibility index (Phi) is 7.46. The molecule has 38 heavy (non-hydrogen) atoms. The van der Waals surface area contributed by atoms with E-state index in [1.54, 1.807) is 25.1 Å². The van der Waals surface area contributed by atoms with Gasteiger partial charge < -0.3 is 14.8 Å². The number of carbonyl (C=O) groups excluding carboxylic acids is 3. The highest BCUT2D eigenvalue weighted by atomic mass is 32.1. The van der Waals surface area contributed by atoms with Gasteiger partial charge in [0.1, 0.15) is 10.5 Å². The molecule has 0 aliphatic heterocycles. The largest absolute Gasteiger partial charge is 0.462 e. The van der Waals surface area contributed by atoms with Crippen molar-refractivity contribution in [3.05, 3.63) is 88.1 Å². The van der Waals surface area contributed by atoms with Crippen LogP contribution in [0, 0.1) is 0 Å². The third kappa shape index (κ3) is 5.15. The number of aromatic nitrogens is 2. The first-order valence-corrected chi connectivity index (χ1v) is 13.4. The van der Waals surface area contributed by atoms with Crippen LogP contribution in [-0.2, 0) is 27.1 Å². The lowest BCUT2D eigenvalue weighted by Crippen LogP contribution is -2.30. The van der Waals surface area contributed by atoms with E-state index in [4.69, 9.17) is 9.47 Å². The number of hydrogen-bond donors (Lipinski definition) is 1. The minimum absolute atomic E-state index is 0.223. The molecule has 5 rings (SSSR count). The van der Waals surface area contributed by atoms with Crippen molar-refractivity contribution in [2.24, 2.45) is 0 Å². The van der Waals surface area contributed by atoms with Gasteiger partial charge in [-0.25, -0.2) is 9.59 Å². The Balaban J connectivity index is 1.35. The third-order valence-corrected chi connectivity index (χ3v) is 7.79. The predicted octanol–water partition coefficient (Wildman–Crippen LogP) is 5.32. The molecule has 1 N–H and O–H groups in total. The van der Waals surface area contributed by atoms with Crippen molar-refractivity contribution in [3.63, 3.8) is 0 Å². The van der Waals surface area contributed by atoms with Crippen LogP contribution in [0.3, 0.4) is 0 Å². The summed E-state index contributed by atoms with van der Waals surface area (Å²) < 4.78 is 10.8. The van der Waals surface area contributed by atoms with Gasteiger partial charge in [0.05, 0.1) is 23.3 Å². The normalized spacial score (nSPS) is 15.4. The zero-order chi connectivity index (χ0) is 26.6. The van der Waals surface area contributed by atoms with Crippen LogP contribution in [0.2, 0.25) is 0 Å². The summed E-state index contributed by atoms with van der Waals surface area (Å²) in [5.74, 6) is -1.34. The molecule has 194 valence electrons. The minimum atomic E-state index is -1.11. The molecule has 1 amide bonds. The standard InChI is InChI=1S/C29H27N3O5S/c1-3-36-29(35)24-20-13-12-19(18-8-5-4-6-9-18)16-23(20)38-27(24)32-26(33)17(2)37-28(34)21-10-7-11-22-25(21)31-15-14-30-22/h4-11,14-15,17,19H,3,12-13,16H2,1-2H3,(H,32,33). The highest BCUT2D eigenvalue weighted by Gasteiger charge is 2.32. The van der Waals surface area contributed by atoms with E-state index in [1.165, 1.54) is 36.2 Å². The second-order valence-corrected chi connectivity index (χ2v) is 10.2. The van der Waals surface area contributed by atoms with Crippen LogP contribution in [0.5, 0.6) is 0 Å². The molecule has 2 unspecified atom stereocenters. The smallest absolute Gasteiger partial charge is 0.341 e. The van der Waals surface area contributed by atoms with Crippen LogP contribution < -0.4 is 5.32 Å². The van der Waals surface area contributed by atoms with Gasteiger partial charge in [-0.1, -0.05) is 36.4 Å². The van der Waals surface area contributed by atoms with Crippen molar-refractivity contribution in [1.29, 1.82) is 0 Å². The number of benzene rings is 2. The summed E-state index contributed by atoms with van der Waals surface area (Å²) in [6.45, 7) is 3.47. The Morgan fingerprint density at radius 2 is 1.84 bits per heavy atom. The number of carbonyl (C=O) groups is 3. The summed E-state index contributed by atoms with van der Waals surface area (Å²) in [4.78, 5) is 48.4. The molecule has 0 radical (unpaired) electrons. The first-order chi connectivity index (χ1) is 18.5. The van der Waals surface area contributed by atoms with Crippen molar-refractivity contribution in [1.82, 2.24) is 9.97 Å². The van der Waals surface area contributed by atoms with Crippen LogP contribution in [-0.4, -0.2) is 40.5 Å². The number of amides is 1. The van der Waals surface area contributed by atoms with Crippen molar-refractivity contribution < 1.29 is 23.9 Å². The van der Waals surface area contributed by atoms with Crippen molar-refractivity contribution in [2.75, 3.05) is 11.9 Å². The maximum Gasteiger partial charge on any atom is 0.341 e. The second kappa shape index (κ2) is 11.1. The molecule has 2 aromatic heterocycles. The maximum atomic E-state index is 13.1. The summed E-state index contributed by atoms with van der Waals surface area (Å²) in [6.07, 6.45) is 4.31. The van der Waals surface area contributed by atoms with Crippen LogP contribution in [0.25, 0.3) is 11.0 Å². The Morgan fingerprint density at radius 3 is 2.63 bits per heavy atom. The lowest BCUT2D eigenvalue weighted by molar-refractivity contribution is -0.123. The number of anilines is 1. The fourth-order valence-electron chi connectivity index (χ4n) is 4.75. The van der Waals surface area contributed by atoms with Gasteiger partial charge >= 0.3 is 11.9 Å². The molecule has 1 aliphatic carbocycles. The second-order valence-electron chi connectivity index (χ2n) is 9.05. The zero-order valence-corrected chi connectivity index (χ0v) is 21.9. The van der Waals surface area contributed by atoms with Gasteiger partial charge in [0, 0.05) is 17.3 Å². The lowest BCUT2D eigenvalue weighted by Gasteiger charge is -2.23. The van der Waals surface area contributed by atoms with E-state index >= 15 is 0 Å². The van der Waals surface area contributed by atoms with Crippen LogP contribution in [0.4, 0.5) is 5.00 Å².